The number of fused-ring (bicyclic) bond motifs is 3. The van der Waals surface area contributed by atoms with Crippen molar-refractivity contribution in [1.29, 1.82) is 0 Å². The fraction of sp³-hybridized carbons (Fsp3) is 0.333. The van der Waals surface area contributed by atoms with Gasteiger partial charge in [-0.1, -0.05) is 48.6 Å². The number of hydrogen-bond donors (Lipinski definition) is 2. The summed E-state index contributed by atoms with van der Waals surface area (Å²) in [7, 11) is 0. The fourth-order valence-corrected chi connectivity index (χ4v) is 5.17. The second-order valence-corrected chi connectivity index (χ2v) is 9.80. The molecule has 2 aliphatic carbocycles. The third-order valence-corrected chi connectivity index (χ3v) is 7.01. The van der Waals surface area contributed by atoms with E-state index in [1.165, 1.54) is 17.7 Å². The van der Waals surface area contributed by atoms with Crippen LogP contribution in [0.25, 0.3) is 28.5 Å². The first-order chi connectivity index (χ1) is 17.4. The number of benzene rings is 2. The standard InChI is InChI=1S/C30H30FNO4.Na/c31-21-12-10-19(11-13-21)28-25-7-3-5-18-4-1-2-6-24(18)30(25)32-29(20-8-9-20)26(28)15-14-22(33)16-23(34)17-27(35)36;/h1-2,4,6,10-15,20,22-23,33-34H,3,5,7-9,16-17H2,(H,35,36);/q;+1/p-1/b15-14+;. The molecule has 1 fully saturated rings. The van der Waals surface area contributed by atoms with Crippen molar-refractivity contribution in [3.8, 4) is 22.4 Å². The van der Waals surface area contributed by atoms with Gasteiger partial charge in [0.2, 0.25) is 0 Å². The largest absolute Gasteiger partial charge is 1.00 e. The number of hydrogen-bond acceptors (Lipinski definition) is 5. The molecule has 2 unspecified atom stereocenters. The van der Waals surface area contributed by atoms with Gasteiger partial charge in [0, 0.05) is 35.9 Å². The zero-order chi connectivity index (χ0) is 25.2. The monoisotopic (exact) mass is 509 g/mol. The number of rotatable bonds is 8. The average Bonchev–Trinajstić information content (AvgIpc) is 3.69. The van der Waals surface area contributed by atoms with E-state index in [0.717, 1.165) is 71.3 Å². The third kappa shape index (κ3) is 6.39. The van der Waals surface area contributed by atoms with Gasteiger partial charge in [0.05, 0.1) is 23.6 Å². The Labute approximate surface area is 238 Å². The molecule has 1 heterocycles. The van der Waals surface area contributed by atoms with Crippen molar-refractivity contribution in [2.45, 2.75) is 63.1 Å². The molecule has 0 amide bonds. The number of halogens is 1. The van der Waals surface area contributed by atoms with Gasteiger partial charge >= 0.3 is 29.6 Å². The van der Waals surface area contributed by atoms with Crippen LogP contribution in [-0.2, 0) is 17.6 Å². The molecule has 2 atom stereocenters. The van der Waals surface area contributed by atoms with Gasteiger partial charge in [-0.2, -0.15) is 0 Å². The molecular formula is C30H29FNNaO4. The Morgan fingerprint density at radius 2 is 1.84 bits per heavy atom. The number of pyridine rings is 1. The predicted octanol–water partition coefficient (Wildman–Crippen LogP) is 1.19. The zero-order valence-electron chi connectivity index (χ0n) is 21.0. The first kappa shape index (κ1) is 27.7. The van der Waals surface area contributed by atoms with Crippen molar-refractivity contribution < 1.29 is 54.1 Å². The SMILES string of the molecule is O=C([O-])CC(O)CC(O)/C=C/c1c(C2CC2)nc2c(c1-c1ccc(F)cc1)CCCc1ccccc1-2.[Na+]. The number of aliphatic carboxylic acids is 1. The summed E-state index contributed by atoms with van der Waals surface area (Å²) in [5, 5.41) is 31.2. The molecule has 1 aromatic heterocycles. The maximum Gasteiger partial charge on any atom is 1.00 e. The molecule has 2 aromatic carbocycles. The Hall–Kier alpha value is -2.35. The van der Waals surface area contributed by atoms with Crippen molar-refractivity contribution in [2.24, 2.45) is 0 Å². The summed E-state index contributed by atoms with van der Waals surface area (Å²) >= 11 is 0. The molecule has 5 nitrogen and oxygen atoms in total. The van der Waals surface area contributed by atoms with Gasteiger partial charge in [-0.3, -0.25) is 4.98 Å². The van der Waals surface area contributed by atoms with Crippen LogP contribution in [0.2, 0.25) is 0 Å². The first-order valence-electron chi connectivity index (χ1n) is 12.6. The van der Waals surface area contributed by atoms with E-state index in [9.17, 15) is 24.5 Å². The average molecular weight is 510 g/mol. The summed E-state index contributed by atoms with van der Waals surface area (Å²) in [6.45, 7) is 0. The van der Waals surface area contributed by atoms with Gasteiger partial charge in [0.1, 0.15) is 5.82 Å². The zero-order valence-corrected chi connectivity index (χ0v) is 23.0. The van der Waals surface area contributed by atoms with E-state index in [4.69, 9.17) is 4.98 Å². The molecule has 2 N–H and O–H groups in total. The van der Waals surface area contributed by atoms with Crippen LogP contribution < -0.4 is 34.7 Å². The molecule has 0 saturated heterocycles. The number of carbonyl (C=O) groups is 1. The second-order valence-electron chi connectivity index (χ2n) is 9.80. The number of carboxylic acids is 1. The predicted molar refractivity (Wildman–Crippen MR) is 134 cm³/mol. The number of carbonyl (C=O) groups excluding carboxylic acids is 1. The number of nitrogens with zero attached hydrogens (tertiary/aromatic N) is 1. The summed E-state index contributed by atoms with van der Waals surface area (Å²) in [6.07, 6.45) is 5.36. The topological polar surface area (TPSA) is 93.5 Å². The molecule has 3 aromatic rings. The minimum Gasteiger partial charge on any atom is -0.550 e. The number of aromatic nitrogens is 1. The van der Waals surface area contributed by atoms with E-state index in [0.29, 0.717) is 5.92 Å². The molecule has 1 saturated carbocycles. The van der Waals surface area contributed by atoms with Gasteiger partial charge in [-0.15, -0.1) is 0 Å². The van der Waals surface area contributed by atoms with Crippen LogP contribution in [-0.4, -0.2) is 33.4 Å². The molecule has 0 aliphatic heterocycles. The van der Waals surface area contributed by atoms with Gasteiger partial charge in [-0.05, 0) is 66.5 Å². The third-order valence-electron chi connectivity index (χ3n) is 7.01. The Kier molecular flexibility index (Phi) is 8.98. The van der Waals surface area contributed by atoms with Crippen molar-refractivity contribution in [1.82, 2.24) is 4.98 Å². The van der Waals surface area contributed by atoms with E-state index < -0.39 is 24.6 Å². The van der Waals surface area contributed by atoms with Crippen molar-refractivity contribution in [3.63, 3.8) is 0 Å². The van der Waals surface area contributed by atoms with E-state index in [2.05, 4.69) is 18.2 Å². The summed E-state index contributed by atoms with van der Waals surface area (Å²) in [5.41, 5.74) is 8.25. The number of aryl methyl sites for hydroxylation is 1. The summed E-state index contributed by atoms with van der Waals surface area (Å²) in [6, 6.07) is 14.9. The Balaban J connectivity index is 0.00000320. The Morgan fingerprint density at radius 3 is 2.54 bits per heavy atom. The molecule has 186 valence electrons. The summed E-state index contributed by atoms with van der Waals surface area (Å²) in [5.74, 6) is -1.35. The van der Waals surface area contributed by atoms with Crippen LogP contribution >= 0.6 is 0 Å². The van der Waals surface area contributed by atoms with Gasteiger partial charge in [-0.25, -0.2) is 4.39 Å². The molecule has 7 heteroatoms. The van der Waals surface area contributed by atoms with E-state index in [-0.39, 0.29) is 41.8 Å². The maximum absolute atomic E-state index is 13.9. The van der Waals surface area contributed by atoms with Crippen molar-refractivity contribution >= 4 is 12.0 Å². The minimum atomic E-state index is -1.36. The second kappa shape index (κ2) is 12.0. The van der Waals surface area contributed by atoms with Gasteiger partial charge < -0.3 is 20.1 Å². The number of aliphatic hydroxyl groups excluding tert-OH is 2. The van der Waals surface area contributed by atoms with Crippen LogP contribution in [0, 0.1) is 5.82 Å². The molecule has 0 radical (unpaired) electrons. The molecule has 5 rings (SSSR count). The van der Waals surface area contributed by atoms with Crippen LogP contribution in [0.4, 0.5) is 4.39 Å². The summed E-state index contributed by atoms with van der Waals surface area (Å²) < 4.78 is 13.9. The van der Waals surface area contributed by atoms with Crippen LogP contribution in [0.3, 0.4) is 0 Å². The first-order valence-corrected chi connectivity index (χ1v) is 12.6. The molecule has 0 bridgehead atoms. The van der Waals surface area contributed by atoms with Gasteiger partial charge in [0.15, 0.2) is 0 Å². The number of carboxylic acid groups (broad SMARTS) is 1. The number of aliphatic hydroxyl groups is 2. The minimum absolute atomic E-state index is 0. The molecule has 37 heavy (non-hydrogen) atoms. The Morgan fingerprint density at radius 1 is 1.11 bits per heavy atom. The van der Waals surface area contributed by atoms with Crippen LogP contribution in [0.1, 0.15) is 60.4 Å². The fourth-order valence-electron chi connectivity index (χ4n) is 5.17. The van der Waals surface area contributed by atoms with E-state index in [1.54, 1.807) is 18.2 Å². The quantitative estimate of drug-likeness (QED) is 0.445. The van der Waals surface area contributed by atoms with E-state index in [1.807, 2.05) is 12.1 Å². The van der Waals surface area contributed by atoms with Crippen molar-refractivity contribution in [3.05, 3.63) is 82.8 Å². The van der Waals surface area contributed by atoms with Gasteiger partial charge in [0.25, 0.3) is 0 Å². The van der Waals surface area contributed by atoms with Crippen LogP contribution in [0.5, 0.6) is 0 Å². The Bertz CT molecular complexity index is 1300. The van der Waals surface area contributed by atoms with Crippen molar-refractivity contribution in [2.75, 3.05) is 0 Å². The van der Waals surface area contributed by atoms with Crippen LogP contribution in [0.15, 0.2) is 54.6 Å². The normalized spacial score (nSPS) is 16.3. The van der Waals surface area contributed by atoms with E-state index >= 15 is 0 Å². The molecular weight excluding hydrogens is 480 g/mol. The maximum atomic E-state index is 13.9. The molecule has 2 aliphatic rings. The molecule has 0 spiro atoms. The smallest absolute Gasteiger partial charge is 0.550 e. The summed E-state index contributed by atoms with van der Waals surface area (Å²) in [4.78, 5) is 16.0.